The molecule has 28 heavy (non-hydrogen) atoms. The van der Waals surface area contributed by atoms with Crippen molar-refractivity contribution < 1.29 is 31.7 Å². The number of halogens is 1. The van der Waals surface area contributed by atoms with Crippen molar-refractivity contribution in [1.82, 2.24) is 4.57 Å². The van der Waals surface area contributed by atoms with Crippen molar-refractivity contribution in [3.63, 3.8) is 0 Å². The van der Waals surface area contributed by atoms with Gasteiger partial charge in [0.15, 0.2) is 0 Å². The molecule has 0 spiro atoms. The number of fused-ring (bicyclic) bond motifs is 1. The van der Waals surface area contributed by atoms with Crippen molar-refractivity contribution in [1.29, 1.82) is 0 Å². The predicted molar refractivity (Wildman–Crippen MR) is 112 cm³/mol. The number of esters is 1. The summed E-state index contributed by atoms with van der Waals surface area (Å²) < 4.78 is 40.3. The number of aromatic nitrogens is 1. The Kier molecular flexibility index (Phi) is 6.64. The summed E-state index contributed by atoms with van der Waals surface area (Å²) in [6.07, 6.45) is 0.728. The third-order valence-electron chi connectivity index (χ3n) is 3.46. The van der Waals surface area contributed by atoms with Gasteiger partial charge in [-0.2, -0.15) is 8.42 Å². The van der Waals surface area contributed by atoms with Crippen LogP contribution >= 0.6 is 22.6 Å². The molecule has 0 aliphatic rings. The minimum Gasteiger partial charge on any atom is -0.466 e. The first-order valence-corrected chi connectivity index (χ1v) is 11.3. The molecule has 0 radical (unpaired) electrons. The molecule has 8 nitrogen and oxygen atoms in total. The summed E-state index contributed by atoms with van der Waals surface area (Å²) in [7, 11) is -3.72. The summed E-state index contributed by atoms with van der Waals surface area (Å²) in [4.78, 5) is 23.8. The molecule has 0 atom stereocenters. The number of hydrogen-bond acceptors (Lipinski definition) is 7. The fourth-order valence-electron chi connectivity index (χ4n) is 2.55. The van der Waals surface area contributed by atoms with Gasteiger partial charge in [-0.15, -0.1) is 0 Å². The minimum atomic E-state index is -3.72. The van der Waals surface area contributed by atoms with Crippen LogP contribution in [0.1, 0.15) is 33.3 Å². The van der Waals surface area contributed by atoms with E-state index in [2.05, 4.69) is 0 Å². The zero-order valence-electron chi connectivity index (χ0n) is 16.2. The van der Waals surface area contributed by atoms with Gasteiger partial charge in [0, 0.05) is 24.8 Å². The van der Waals surface area contributed by atoms with Crippen molar-refractivity contribution in [3.8, 4) is 5.75 Å². The van der Waals surface area contributed by atoms with E-state index in [1.807, 2.05) is 22.6 Å². The highest BCUT2D eigenvalue weighted by atomic mass is 127. The molecular weight excluding hydrogens is 501 g/mol. The summed E-state index contributed by atoms with van der Waals surface area (Å²) in [6, 6.07) is 4.65. The predicted octanol–water partition coefficient (Wildman–Crippen LogP) is 3.47. The summed E-state index contributed by atoms with van der Waals surface area (Å²) in [5.41, 5.74) is 0.515. The highest BCUT2D eigenvalue weighted by Gasteiger charge is 2.25. The number of benzene rings is 1. The average Bonchev–Trinajstić information content (AvgIpc) is 2.75. The topological polar surface area (TPSA) is 101 Å². The Labute approximate surface area is 177 Å². The fourth-order valence-corrected chi connectivity index (χ4v) is 4.02. The van der Waals surface area contributed by atoms with Crippen LogP contribution in [0, 0.1) is 3.70 Å². The molecule has 0 bridgehead atoms. The largest absolute Gasteiger partial charge is 0.466 e. The molecule has 0 saturated carbocycles. The van der Waals surface area contributed by atoms with Gasteiger partial charge < -0.3 is 13.7 Å². The van der Waals surface area contributed by atoms with Gasteiger partial charge >= 0.3 is 22.2 Å². The zero-order valence-corrected chi connectivity index (χ0v) is 19.2. The van der Waals surface area contributed by atoms with E-state index in [0.29, 0.717) is 21.0 Å². The molecule has 0 fully saturated rings. The van der Waals surface area contributed by atoms with Crippen molar-refractivity contribution >= 4 is 55.7 Å². The molecule has 2 aromatic rings. The Morgan fingerprint density at radius 2 is 1.86 bits per heavy atom. The lowest BCUT2D eigenvalue weighted by atomic mass is 10.1. The van der Waals surface area contributed by atoms with Gasteiger partial charge in [0.05, 0.1) is 22.1 Å². The average molecular weight is 523 g/mol. The van der Waals surface area contributed by atoms with Crippen LogP contribution in [0.25, 0.3) is 10.9 Å². The Balaban J connectivity index is 2.58. The molecule has 0 amide bonds. The monoisotopic (exact) mass is 523 g/mol. The quantitative estimate of drug-likeness (QED) is 0.336. The first kappa shape index (κ1) is 22.5. The van der Waals surface area contributed by atoms with E-state index in [9.17, 15) is 18.0 Å². The van der Waals surface area contributed by atoms with Gasteiger partial charge in [-0.1, -0.05) is 0 Å². The second kappa shape index (κ2) is 8.27. The number of carbonyl (C=O) groups is 2. The number of rotatable bonds is 5. The second-order valence-electron chi connectivity index (χ2n) is 7.14. The van der Waals surface area contributed by atoms with E-state index in [1.54, 1.807) is 26.8 Å². The van der Waals surface area contributed by atoms with E-state index in [1.165, 1.54) is 23.6 Å². The maximum atomic E-state index is 12.8. The number of ether oxygens (including phenoxy) is 2. The first-order valence-electron chi connectivity index (χ1n) is 8.37. The van der Waals surface area contributed by atoms with Gasteiger partial charge in [0.25, 0.3) is 0 Å². The second-order valence-corrected chi connectivity index (χ2v) is 9.74. The van der Waals surface area contributed by atoms with Gasteiger partial charge in [-0.3, -0.25) is 4.79 Å². The van der Waals surface area contributed by atoms with Crippen LogP contribution in [0.15, 0.2) is 18.2 Å². The molecule has 0 aliphatic carbocycles. The van der Waals surface area contributed by atoms with E-state index in [-0.39, 0.29) is 12.4 Å². The zero-order chi connectivity index (χ0) is 21.3. The standard InChI is InChI=1S/C18H22INO7S/c1-11(21)25-9-8-14-13-7-6-12(27-28(5,23)24)10-15(13)20(16(14)19)17(22)26-18(2,3)4/h6-7,10H,8-9H2,1-5H3. The van der Waals surface area contributed by atoms with Crippen LogP contribution in [0.2, 0.25) is 0 Å². The van der Waals surface area contributed by atoms with Gasteiger partial charge in [0.2, 0.25) is 0 Å². The van der Waals surface area contributed by atoms with E-state index >= 15 is 0 Å². The van der Waals surface area contributed by atoms with Crippen molar-refractivity contribution in [2.75, 3.05) is 12.9 Å². The third kappa shape index (κ3) is 5.84. The van der Waals surface area contributed by atoms with E-state index in [4.69, 9.17) is 13.7 Å². The molecule has 1 aromatic heterocycles. The molecule has 0 N–H and O–H groups in total. The van der Waals surface area contributed by atoms with Crippen LogP contribution in [-0.2, 0) is 30.8 Å². The van der Waals surface area contributed by atoms with Gasteiger partial charge in [0.1, 0.15) is 11.4 Å². The summed E-state index contributed by atoms with van der Waals surface area (Å²) in [5, 5.41) is 0.711. The molecule has 2 rings (SSSR count). The Hall–Kier alpha value is -1.82. The number of hydrogen-bond donors (Lipinski definition) is 0. The third-order valence-corrected chi connectivity index (χ3v) is 5.09. The van der Waals surface area contributed by atoms with Crippen LogP contribution in [0.5, 0.6) is 5.75 Å². The molecule has 0 saturated heterocycles. The minimum absolute atomic E-state index is 0.0836. The molecule has 10 heteroatoms. The van der Waals surface area contributed by atoms with Crippen molar-refractivity contribution in [2.24, 2.45) is 0 Å². The van der Waals surface area contributed by atoms with Crippen LogP contribution in [-0.4, -0.2) is 43.5 Å². The molecule has 0 aliphatic heterocycles. The van der Waals surface area contributed by atoms with Gasteiger partial charge in [-0.05, 0) is 61.1 Å². The fraction of sp³-hybridized carbons (Fsp3) is 0.444. The SMILES string of the molecule is CC(=O)OCCc1c(I)n(C(=O)OC(C)(C)C)c2cc(OS(C)(=O)=O)ccc12. The lowest BCUT2D eigenvalue weighted by Gasteiger charge is -2.20. The van der Waals surface area contributed by atoms with Gasteiger partial charge in [-0.25, -0.2) is 9.36 Å². The maximum absolute atomic E-state index is 12.8. The summed E-state index contributed by atoms with van der Waals surface area (Å²) >= 11 is 2.02. The molecule has 1 aromatic carbocycles. The van der Waals surface area contributed by atoms with Crippen LogP contribution in [0.3, 0.4) is 0 Å². The Morgan fingerprint density at radius 1 is 1.21 bits per heavy atom. The number of nitrogens with zero attached hydrogens (tertiary/aromatic N) is 1. The Bertz CT molecular complexity index is 1020. The van der Waals surface area contributed by atoms with Crippen molar-refractivity contribution in [2.45, 2.75) is 39.7 Å². The summed E-state index contributed by atoms with van der Waals surface area (Å²) in [6.45, 7) is 6.74. The van der Waals surface area contributed by atoms with E-state index in [0.717, 1.165) is 11.8 Å². The van der Waals surface area contributed by atoms with Crippen LogP contribution in [0.4, 0.5) is 4.79 Å². The normalized spacial score (nSPS) is 12.1. The molecule has 1 heterocycles. The molecular formula is C18H22INO7S. The maximum Gasteiger partial charge on any atom is 0.419 e. The first-order chi connectivity index (χ1) is 12.8. The summed E-state index contributed by atoms with van der Waals surface area (Å²) in [5.74, 6) is -0.310. The number of carbonyl (C=O) groups excluding carboxylic acids is 2. The smallest absolute Gasteiger partial charge is 0.419 e. The Morgan fingerprint density at radius 3 is 2.39 bits per heavy atom. The highest BCUT2D eigenvalue weighted by Crippen LogP contribution is 2.32. The molecule has 0 unspecified atom stereocenters. The lowest BCUT2D eigenvalue weighted by Crippen LogP contribution is -2.27. The molecule has 154 valence electrons. The van der Waals surface area contributed by atoms with E-state index < -0.39 is 27.8 Å². The van der Waals surface area contributed by atoms with Crippen LogP contribution < -0.4 is 4.18 Å². The van der Waals surface area contributed by atoms with Crippen molar-refractivity contribution in [3.05, 3.63) is 27.5 Å². The highest BCUT2D eigenvalue weighted by molar-refractivity contribution is 14.1. The lowest BCUT2D eigenvalue weighted by molar-refractivity contribution is -0.140.